The van der Waals surface area contributed by atoms with Crippen molar-refractivity contribution in [2.75, 3.05) is 5.73 Å². The Hall–Kier alpha value is -3.06. The summed E-state index contributed by atoms with van der Waals surface area (Å²) in [5.74, 6) is -0.662. The summed E-state index contributed by atoms with van der Waals surface area (Å²) < 4.78 is 64.7. The minimum atomic E-state index is -4.87. The molecule has 0 unspecified atom stereocenters. The molecule has 0 aliphatic rings. The molecule has 0 bridgehead atoms. The van der Waals surface area contributed by atoms with Crippen LogP contribution >= 0.6 is 0 Å². The van der Waals surface area contributed by atoms with Crippen molar-refractivity contribution >= 4 is 48.1 Å². The second-order valence-electron chi connectivity index (χ2n) is 5.66. The number of benzene rings is 3. The first kappa shape index (κ1) is 19.7. The van der Waals surface area contributed by atoms with Crippen molar-refractivity contribution in [3.8, 4) is 5.75 Å². The van der Waals surface area contributed by atoms with Crippen molar-refractivity contribution in [3.63, 3.8) is 0 Å². The molecule has 12 heteroatoms. The van der Waals surface area contributed by atoms with E-state index in [9.17, 15) is 26.5 Å². The molecule has 0 fully saturated rings. The molecular formula is C16H13N3O7S2. The first-order valence-corrected chi connectivity index (χ1v) is 10.4. The molecule has 0 aliphatic heterocycles. The Labute approximate surface area is 159 Å². The van der Waals surface area contributed by atoms with E-state index in [4.69, 9.17) is 10.3 Å². The summed E-state index contributed by atoms with van der Waals surface area (Å²) in [6.45, 7) is 0. The SMILES string of the molecule is Nc1ccccc1N=Nc1c(S(=O)(=O)O)cc2cc(S(=O)(=O)O)ccc2c1O. The maximum absolute atomic E-state index is 11.8. The third-order valence-corrected chi connectivity index (χ3v) is 5.51. The summed E-state index contributed by atoms with van der Waals surface area (Å²) >= 11 is 0. The lowest BCUT2D eigenvalue weighted by atomic mass is 10.1. The number of hydrogen-bond donors (Lipinski definition) is 4. The van der Waals surface area contributed by atoms with E-state index in [1.54, 1.807) is 12.1 Å². The quantitative estimate of drug-likeness (QED) is 0.281. The zero-order valence-electron chi connectivity index (χ0n) is 13.9. The van der Waals surface area contributed by atoms with Gasteiger partial charge in [-0.25, -0.2) is 0 Å². The van der Waals surface area contributed by atoms with E-state index in [-0.39, 0.29) is 22.1 Å². The molecule has 28 heavy (non-hydrogen) atoms. The maximum Gasteiger partial charge on any atom is 0.296 e. The number of aromatic hydroxyl groups is 1. The van der Waals surface area contributed by atoms with Crippen LogP contribution in [0.4, 0.5) is 17.1 Å². The van der Waals surface area contributed by atoms with E-state index in [2.05, 4.69) is 10.2 Å². The predicted molar refractivity (Wildman–Crippen MR) is 100 cm³/mol. The number of phenolic OH excluding ortho intramolecular Hbond substituents is 1. The minimum absolute atomic E-state index is 0.0229. The van der Waals surface area contributed by atoms with Crippen LogP contribution in [-0.2, 0) is 20.2 Å². The molecule has 3 rings (SSSR count). The molecule has 0 spiro atoms. The fourth-order valence-corrected chi connectivity index (χ4v) is 3.64. The molecule has 0 aliphatic carbocycles. The summed E-state index contributed by atoms with van der Waals surface area (Å²) in [7, 11) is -9.43. The van der Waals surface area contributed by atoms with Gasteiger partial charge in [0.15, 0.2) is 5.75 Å². The molecule has 0 heterocycles. The van der Waals surface area contributed by atoms with Gasteiger partial charge in [-0.15, -0.1) is 10.2 Å². The Morgan fingerprint density at radius 2 is 1.54 bits per heavy atom. The molecule has 0 radical (unpaired) electrons. The van der Waals surface area contributed by atoms with E-state index in [1.807, 2.05) is 0 Å². The summed E-state index contributed by atoms with van der Waals surface area (Å²) in [5, 5.41) is 17.9. The zero-order valence-corrected chi connectivity index (χ0v) is 15.5. The van der Waals surface area contributed by atoms with Crippen molar-refractivity contribution in [1.29, 1.82) is 0 Å². The van der Waals surface area contributed by atoms with Crippen molar-refractivity contribution < 1.29 is 31.0 Å². The molecule has 3 aromatic rings. The van der Waals surface area contributed by atoms with Crippen molar-refractivity contribution in [1.82, 2.24) is 0 Å². The van der Waals surface area contributed by atoms with Crippen LogP contribution < -0.4 is 5.73 Å². The topological polar surface area (TPSA) is 180 Å². The van der Waals surface area contributed by atoms with E-state index in [0.29, 0.717) is 0 Å². The predicted octanol–water partition coefficient (Wildman–Crippen LogP) is 3.04. The largest absolute Gasteiger partial charge is 0.505 e. The van der Waals surface area contributed by atoms with Gasteiger partial charge in [0, 0.05) is 5.39 Å². The molecule has 0 aromatic heterocycles. The van der Waals surface area contributed by atoms with E-state index in [0.717, 1.165) is 24.3 Å². The van der Waals surface area contributed by atoms with Crippen molar-refractivity contribution in [3.05, 3.63) is 48.5 Å². The van der Waals surface area contributed by atoms with Crippen LogP contribution in [0.2, 0.25) is 0 Å². The van der Waals surface area contributed by atoms with Crippen LogP contribution in [0.15, 0.2) is 68.6 Å². The average Bonchev–Trinajstić information content (AvgIpc) is 2.60. The third-order valence-electron chi connectivity index (χ3n) is 3.79. The molecule has 5 N–H and O–H groups in total. The third kappa shape index (κ3) is 3.80. The number of fused-ring (bicyclic) bond motifs is 1. The molecule has 3 aromatic carbocycles. The lowest BCUT2D eigenvalue weighted by Gasteiger charge is -2.09. The lowest BCUT2D eigenvalue weighted by Crippen LogP contribution is -2.00. The molecule has 0 atom stereocenters. The molecule has 10 nitrogen and oxygen atoms in total. The number of hydrogen-bond acceptors (Lipinski definition) is 8. The zero-order chi connectivity index (χ0) is 20.7. The fraction of sp³-hybridized carbons (Fsp3) is 0. The monoisotopic (exact) mass is 423 g/mol. The number of anilines is 1. The Morgan fingerprint density at radius 3 is 2.14 bits per heavy atom. The highest BCUT2D eigenvalue weighted by atomic mass is 32.2. The summed E-state index contributed by atoms with van der Waals surface area (Å²) in [5.41, 5.74) is 5.62. The van der Waals surface area contributed by atoms with E-state index >= 15 is 0 Å². The number of nitrogens with two attached hydrogens (primary N) is 1. The van der Waals surface area contributed by atoms with Crippen LogP contribution in [0, 0.1) is 0 Å². The second-order valence-corrected chi connectivity index (χ2v) is 8.48. The van der Waals surface area contributed by atoms with Gasteiger partial charge < -0.3 is 10.8 Å². The Bertz CT molecular complexity index is 1330. The minimum Gasteiger partial charge on any atom is -0.505 e. The first-order valence-electron chi connectivity index (χ1n) is 7.49. The van der Waals surface area contributed by atoms with Gasteiger partial charge in [0.25, 0.3) is 20.2 Å². The lowest BCUT2D eigenvalue weighted by molar-refractivity contribution is 0.472. The standard InChI is InChI=1S/C16H13N3O7S2/c17-12-3-1-2-4-13(12)18-19-15-14(28(24,25)26)8-9-7-10(27(21,22)23)5-6-11(9)16(15)20/h1-8,20H,17H2,(H,21,22,23)(H,24,25,26). The Morgan fingerprint density at radius 1 is 0.857 bits per heavy atom. The van der Waals surface area contributed by atoms with Crippen LogP contribution in [0.1, 0.15) is 0 Å². The van der Waals surface area contributed by atoms with Gasteiger partial charge in [-0.1, -0.05) is 12.1 Å². The fourth-order valence-electron chi connectivity index (χ4n) is 2.47. The number of nitrogen functional groups attached to an aromatic ring is 1. The number of phenols is 1. The molecule has 0 amide bonds. The van der Waals surface area contributed by atoms with Gasteiger partial charge in [-0.3, -0.25) is 9.11 Å². The van der Waals surface area contributed by atoms with Crippen LogP contribution in [-0.4, -0.2) is 31.0 Å². The number of para-hydroxylation sites is 1. The van der Waals surface area contributed by atoms with Gasteiger partial charge >= 0.3 is 0 Å². The van der Waals surface area contributed by atoms with Crippen LogP contribution in [0.3, 0.4) is 0 Å². The highest BCUT2D eigenvalue weighted by Crippen LogP contribution is 2.42. The Kier molecular flexibility index (Phi) is 4.81. The molecule has 0 saturated carbocycles. The molecule has 146 valence electrons. The summed E-state index contributed by atoms with van der Waals surface area (Å²) in [4.78, 5) is -1.32. The van der Waals surface area contributed by atoms with Gasteiger partial charge in [0.05, 0.1) is 10.6 Å². The van der Waals surface area contributed by atoms with Crippen molar-refractivity contribution in [2.45, 2.75) is 9.79 Å². The van der Waals surface area contributed by atoms with Gasteiger partial charge in [-0.05, 0) is 41.8 Å². The van der Waals surface area contributed by atoms with Gasteiger partial charge in [0.2, 0.25) is 0 Å². The first-order chi connectivity index (χ1) is 13.0. The second kappa shape index (κ2) is 6.83. The molecular weight excluding hydrogens is 410 g/mol. The highest BCUT2D eigenvalue weighted by Gasteiger charge is 2.23. The van der Waals surface area contributed by atoms with Crippen LogP contribution in [0.5, 0.6) is 5.75 Å². The maximum atomic E-state index is 11.8. The summed E-state index contributed by atoms with van der Waals surface area (Å²) in [6, 6.07) is 10.3. The van der Waals surface area contributed by atoms with E-state index < -0.39 is 41.5 Å². The summed E-state index contributed by atoms with van der Waals surface area (Å²) in [6.07, 6.45) is 0. The number of azo groups is 1. The van der Waals surface area contributed by atoms with Crippen LogP contribution in [0.25, 0.3) is 10.8 Å². The highest BCUT2D eigenvalue weighted by molar-refractivity contribution is 7.86. The smallest absolute Gasteiger partial charge is 0.296 e. The number of nitrogens with zero attached hydrogens (tertiary/aromatic N) is 2. The van der Waals surface area contributed by atoms with Gasteiger partial charge in [0.1, 0.15) is 16.3 Å². The van der Waals surface area contributed by atoms with E-state index in [1.165, 1.54) is 12.1 Å². The number of rotatable bonds is 4. The van der Waals surface area contributed by atoms with Gasteiger partial charge in [-0.2, -0.15) is 16.8 Å². The Balaban J connectivity index is 2.30. The average molecular weight is 423 g/mol. The molecule has 0 saturated heterocycles. The normalized spacial score (nSPS) is 12.6. The van der Waals surface area contributed by atoms with Crippen molar-refractivity contribution in [2.24, 2.45) is 10.2 Å².